The molecular weight excluding hydrogens is 542 g/mol. The number of amides is 2. The number of nitrogens with one attached hydrogen (secondary N) is 2. The molecule has 0 aliphatic heterocycles. The molecule has 0 aliphatic rings. The normalized spacial score (nSPS) is 12.2. The number of aromatic nitrogens is 7. The van der Waals surface area contributed by atoms with Crippen molar-refractivity contribution in [3.8, 4) is 0 Å². The Labute approximate surface area is 222 Å². The van der Waals surface area contributed by atoms with Crippen LogP contribution in [0, 0.1) is 0 Å². The van der Waals surface area contributed by atoms with Gasteiger partial charge in [0.15, 0.2) is 5.69 Å². The molecule has 0 bridgehead atoms. The Balaban J connectivity index is 1.20. The molecule has 0 unspecified atom stereocenters. The van der Waals surface area contributed by atoms with Gasteiger partial charge >= 0.3 is 6.18 Å². The average molecular weight is 564 g/mol. The lowest BCUT2D eigenvalue weighted by Crippen LogP contribution is -2.24. The number of carbonyl (C=O) groups is 2. The molecule has 4 heterocycles. The second kappa shape index (κ2) is 12.5. The van der Waals surface area contributed by atoms with Gasteiger partial charge in [-0.05, 0) is 30.7 Å². The summed E-state index contributed by atoms with van der Waals surface area (Å²) in [4.78, 5) is 32.3. The number of alkyl halides is 4. The van der Waals surface area contributed by atoms with Gasteiger partial charge in [-0.1, -0.05) is 22.6 Å². The van der Waals surface area contributed by atoms with Crippen LogP contribution in [-0.2, 0) is 36.9 Å². The quantitative estimate of drug-likeness (QED) is 0.266. The number of halogens is 4. The van der Waals surface area contributed by atoms with Gasteiger partial charge in [0, 0.05) is 24.5 Å². The number of carbonyl (C=O) groups excluding carboxylic acids is 2. The minimum absolute atomic E-state index is 0.0157. The van der Waals surface area contributed by atoms with Crippen molar-refractivity contribution in [3.63, 3.8) is 0 Å². The van der Waals surface area contributed by atoms with Crippen LogP contribution in [0.15, 0.2) is 48.9 Å². The third-order valence-corrected chi connectivity index (χ3v) is 6.08. The van der Waals surface area contributed by atoms with Crippen molar-refractivity contribution in [2.24, 2.45) is 0 Å². The zero-order valence-corrected chi connectivity index (χ0v) is 20.9. The molecule has 0 aliphatic carbocycles. The zero-order chi connectivity index (χ0) is 27.8. The van der Waals surface area contributed by atoms with Crippen LogP contribution in [0.25, 0.3) is 0 Å². The summed E-state index contributed by atoms with van der Waals surface area (Å²) in [6.45, 7) is -0.434. The molecule has 0 saturated heterocycles. The highest BCUT2D eigenvalue weighted by atomic mass is 32.1. The molecule has 2 amide bonds. The SMILES string of the molecule is O=C(Cc1ccccn1)Nc1nnc(CC[C@H](F)Cn2cc(C(=O)NCc3cc(C(F)(F)F)ccn3)nn2)s1. The first kappa shape index (κ1) is 27.7. The van der Waals surface area contributed by atoms with Crippen molar-refractivity contribution in [2.75, 3.05) is 5.32 Å². The van der Waals surface area contributed by atoms with E-state index in [4.69, 9.17) is 0 Å². The molecule has 0 aromatic carbocycles. The monoisotopic (exact) mass is 563 g/mol. The predicted molar refractivity (Wildman–Crippen MR) is 130 cm³/mol. The molecule has 4 aromatic heterocycles. The first-order chi connectivity index (χ1) is 18.7. The zero-order valence-electron chi connectivity index (χ0n) is 20.1. The maximum absolute atomic E-state index is 14.5. The third-order valence-electron chi connectivity index (χ3n) is 5.18. The van der Waals surface area contributed by atoms with Crippen molar-refractivity contribution in [1.29, 1.82) is 0 Å². The molecule has 4 rings (SSSR count). The second-order valence-corrected chi connectivity index (χ2v) is 9.29. The van der Waals surface area contributed by atoms with Gasteiger partial charge < -0.3 is 10.6 Å². The van der Waals surface area contributed by atoms with Crippen molar-refractivity contribution in [1.82, 2.24) is 40.5 Å². The van der Waals surface area contributed by atoms with Crippen LogP contribution >= 0.6 is 11.3 Å². The standard InChI is InChI=1S/C23H21F4N9O2S/c24-15(4-5-20-33-34-22(39-20)31-19(37)10-16-3-1-2-7-28-16)12-36-13-18(32-35-36)21(38)30-11-17-9-14(6-8-29-17)23(25,26)27/h1-3,6-9,13,15H,4-5,10-12H2,(H,30,38)(H,31,34,37)/t15-/m0/s1. The Kier molecular flexibility index (Phi) is 8.85. The fraction of sp³-hybridized carbons (Fsp3) is 0.304. The van der Waals surface area contributed by atoms with Crippen molar-refractivity contribution in [2.45, 2.75) is 44.7 Å². The molecular formula is C23H21F4N9O2S. The smallest absolute Gasteiger partial charge is 0.345 e. The second-order valence-electron chi connectivity index (χ2n) is 8.23. The highest BCUT2D eigenvalue weighted by molar-refractivity contribution is 7.15. The number of nitrogens with zero attached hydrogens (tertiary/aromatic N) is 7. The van der Waals surface area contributed by atoms with Gasteiger partial charge in [-0.3, -0.25) is 19.6 Å². The summed E-state index contributed by atoms with van der Waals surface area (Å²) in [5, 5.41) is 21.2. The Bertz CT molecular complexity index is 1410. The molecule has 0 saturated carbocycles. The predicted octanol–water partition coefficient (Wildman–Crippen LogP) is 3.02. The molecule has 204 valence electrons. The van der Waals surface area contributed by atoms with Gasteiger partial charge in [0.05, 0.1) is 37.0 Å². The Morgan fingerprint density at radius 3 is 2.64 bits per heavy atom. The highest BCUT2D eigenvalue weighted by Crippen LogP contribution is 2.29. The van der Waals surface area contributed by atoms with Crippen LogP contribution in [0.4, 0.5) is 22.7 Å². The summed E-state index contributed by atoms with van der Waals surface area (Å²) in [7, 11) is 0. The topological polar surface area (TPSA) is 140 Å². The minimum Gasteiger partial charge on any atom is -0.345 e. The maximum Gasteiger partial charge on any atom is 0.416 e. The number of rotatable bonds is 11. The van der Waals surface area contributed by atoms with Gasteiger partial charge in [-0.15, -0.1) is 15.3 Å². The minimum atomic E-state index is -4.53. The molecule has 0 spiro atoms. The fourth-order valence-electron chi connectivity index (χ4n) is 3.31. The van der Waals surface area contributed by atoms with E-state index in [1.54, 1.807) is 24.4 Å². The van der Waals surface area contributed by atoms with Crippen molar-refractivity contribution >= 4 is 28.3 Å². The van der Waals surface area contributed by atoms with Crippen molar-refractivity contribution in [3.05, 3.63) is 76.6 Å². The van der Waals surface area contributed by atoms with Crippen molar-refractivity contribution < 1.29 is 27.2 Å². The molecule has 0 radical (unpaired) electrons. The van der Waals surface area contributed by atoms with Crippen LogP contribution in [-0.4, -0.2) is 53.1 Å². The van der Waals surface area contributed by atoms with E-state index in [9.17, 15) is 27.2 Å². The lowest BCUT2D eigenvalue weighted by Gasteiger charge is -2.08. The van der Waals surface area contributed by atoms with Gasteiger partial charge in [0.2, 0.25) is 11.0 Å². The lowest BCUT2D eigenvalue weighted by atomic mass is 10.2. The van der Waals surface area contributed by atoms with Crippen LogP contribution in [0.5, 0.6) is 0 Å². The van der Waals surface area contributed by atoms with E-state index in [-0.39, 0.29) is 49.6 Å². The Morgan fingerprint density at radius 1 is 1.05 bits per heavy atom. The summed E-state index contributed by atoms with van der Waals surface area (Å²) in [6, 6.07) is 6.93. The molecule has 39 heavy (non-hydrogen) atoms. The summed E-state index contributed by atoms with van der Waals surface area (Å²) >= 11 is 1.14. The lowest BCUT2D eigenvalue weighted by molar-refractivity contribution is -0.137. The van der Waals surface area contributed by atoms with E-state index < -0.39 is 23.8 Å². The number of anilines is 1. The van der Waals surface area contributed by atoms with Gasteiger partial charge in [0.1, 0.15) is 11.2 Å². The van der Waals surface area contributed by atoms with E-state index in [1.807, 2.05) is 0 Å². The van der Waals surface area contributed by atoms with Crippen LogP contribution in [0.1, 0.15) is 38.9 Å². The van der Waals surface area contributed by atoms with E-state index in [0.29, 0.717) is 15.8 Å². The molecule has 2 N–H and O–H groups in total. The van der Waals surface area contributed by atoms with Gasteiger partial charge in [-0.25, -0.2) is 9.07 Å². The van der Waals surface area contributed by atoms with Gasteiger partial charge in [-0.2, -0.15) is 13.2 Å². The molecule has 11 nitrogen and oxygen atoms in total. The first-order valence-electron chi connectivity index (χ1n) is 11.5. The number of pyridine rings is 2. The number of hydrogen-bond acceptors (Lipinski definition) is 9. The number of hydrogen-bond donors (Lipinski definition) is 2. The average Bonchev–Trinajstić information content (AvgIpc) is 3.56. The summed E-state index contributed by atoms with van der Waals surface area (Å²) < 4.78 is 54.1. The number of aryl methyl sites for hydroxylation is 1. The van der Waals surface area contributed by atoms with Crippen LogP contribution in [0.2, 0.25) is 0 Å². The first-order valence-corrected chi connectivity index (χ1v) is 12.3. The summed E-state index contributed by atoms with van der Waals surface area (Å²) in [5.41, 5.74) is -0.371. The highest BCUT2D eigenvalue weighted by Gasteiger charge is 2.30. The molecule has 1 atom stereocenters. The Hall–Kier alpha value is -4.34. The molecule has 16 heteroatoms. The largest absolute Gasteiger partial charge is 0.416 e. The van der Waals surface area contributed by atoms with E-state index in [1.165, 1.54) is 6.20 Å². The van der Waals surface area contributed by atoms with E-state index in [2.05, 4.69) is 41.1 Å². The Morgan fingerprint density at radius 2 is 1.87 bits per heavy atom. The summed E-state index contributed by atoms with van der Waals surface area (Å²) in [5.74, 6) is -0.987. The molecule has 4 aromatic rings. The van der Waals surface area contributed by atoms with Crippen LogP contribution < -0.4 is 10.6 Å². The third kappa shape index (κ3) is 8.33. The summed E-state index contributed by atoms with van der Waals surface area (Å²) in [6.07, 6.45) is -1.60. The van der Waals surface area contributed by atoms with Crippen LogP contribution in [0.3, 0.4) is 0 Å². The molecule has 0 fully saturated rings. The fourth-order valence-corrected chi connectivity index (χ4v) is 4.09. The van der Waals surface area contributed by atoms with E-state index in [0.717, 1.165) is 34.3 Å². The maximum atomic E-state index is 14.5. The van der Waals surface area contributed by atoms with Gasteiger partial charge in [0.25, 0.3) is 5.91 Å². The van der Waals surface area contributed by atoms with E-state index >= 15 is 0 Å².